The van der Waals surface area contributed by atoms with Crippen LogP contribution in [0.1, 0.15) is 0 Å². The van der Waals surface area contributed by atoms with Crippen LogP contribution >= 0.6 is 35.3 Å². The van der Waals surface area contributed by atoms with Crippen LogP contribution in [0.15, 0.2) is 52.9 Å². The molecule has 0 unspecified atom stereocenters. The zero-order chi connectivity index (χ0) is 17.8. The van der Waals surface area contributed by atoms with Crippen LogP contribution in [0.3, 0.4) is 0 Å². The fourth-order valence-electron chi connectivity index (χ4n) is 1.96. The van der Waals surface area contributed by atoms with Crippen molar-refractivity contribution in [3.8, 4) is 5.69 Å². The Morgan fingerprint density at radius 2 is 1.96 bits per heavy atom. The molecule has 1 aromatic heterocycles. The van der Waals surface area contributed by atoms with Crippen LogP contribution in [0, 0.1) is 15.6 Å². The SMILES string of the molecule is O=C(CSc1nn(-c2ccc(F)cc2)c(=S)s1)Nc1cccc(F)c1. The maximum Gasteiger partial charge on any atom is 0.234 e. The smallest absolute Gasteiger partial charge is 0.234 e. The standard InChI is InChI=1S/C16H11F2N3OS3/c17-10-4-6-13(7-5-10)21-16(23)25-15(20-21)24-9-14(22)19-12-3-1-2-11(18)8-12/h1-8H,9H2,(H,19,22). The molecule has 0 bridgehead atoms. The lowest BCUT2D eigenvalue weighted by molar-refractivity contribution is -0.113. The van der Waals surface area contributed by atoms with Gasteiger partial charge in [-0.25, -0.2) is 13.5 Å². The van der Waals surface area contributed by atoms with Gasteiger partial charge in [-0.05, 0) is 54.7 Å². The predicted molar refractivity (Wildman–Crippen MR) is 98.0 cm³/mol. The molecule has 0 aliphatic heterocycles. The van der Waals surface area contributed by atoms with Crippen LogP contribution in [-0.2, 0) is 4.79 Å². The van der Waals surface area contributed by atoms with E-state index in [0.29, 0.717) is 19.7 Å². The number of rotatable bonds is 5. The molecule has 0 fully saturated rings. The van der Waals surface area contributed by atoms with Crippen LogP contribution in [-0.4, -0.2) is 21.4 Å². The molecule has 0 spiro atoms. The molecule has 128 valence electrons. The van der Waals surface area contributed by atoms with E-state index >= 15 is 0 Å². The summed E-state index contributed by atoms with van der Waals surface area (Å²) in [5.41, 5.74) is 1.05. The fraction of sp³-hybridized carbons (Fsp3) is 0.0625. The third kappa shape index (κ3) is 4.71. The number of nitrogens with one attached hydrogen (secondary N) is 1. The normalized spacial score (nSPS) is 10.6. The predicted octanol–water partition coefficient (Wildman–Crippen LogP) is 4.67. The van der Waals surface area contributed by atoms with E-state index in [1.165, 1.54) is 58.1 Å². The first-order valence-electron chi connectivity index (χ1n) is 7.05. The van der Waals surface area contributed by atoms with Gasteiger partial charge in [-0.15, -0.1) is 5.10 Å². The summed E-state index contributed by atoms with van der Waals surface area (Å²) in [5.74, 6) is -0.914. The second-order valence-corrected chi connectivity index (χ2v) is 7.71. The lowest BCUT2D eigenvalue weighted by Gasteiger charge is -2.04. The number of halogens is 2. The van der Waals surface area contributed by atoms with E-state index in [2.05, 4.69) is 10.4 Å². The van der Waals surface area contributed by atoms with Crippen LogP contribution < -0.4 is 5.32 Å². The van der Waals surface area contributed by atoms with Crippen molar-refractivity contribution in [2.24, 2.45) is 0 Å². The highest BCUT2D eigenvalue weighted by Crippen LogP contribution is 2.24. The number of carbonyl (C=O) groups is 1. The summed E-state index contributed by atoms with van der Waals surface area (Å²) in [6.45, 7) is 0. The van der Waals surface area contributed by atoms with Crippen LogP contribution in [0.5, 0.6) is 0 Å². The second-order valence-electron chi connectivity index (χ2n) is 4.87. The topological polar surface area (TPSA) is 46.9 Å². The molecule has 3 rings (SSSR count). The second kappa shape index (κ2) is 7.85. The third-order valence-electron chi connectivity index (χ3n) is 3.04. The van der Waals surface area contributed by atoms with Gasteiger partial charge in [0, 0.05) is 5.69 Å². The van der Waals surface area contributed by atoms with Crippen molar-refractivity contribution < 1.29 is 13.6 Å². The molecule has 1 amide bonds. The zero-order valence-corrected chi connectivity index (χ0v) is 15.1. The van der Waals surface area contributed by atoms with Crippen LogP contribution in [0.2, 0.25) is 0 Å². The molecule has 0 saturated heterocycles. The molecule has 1 N–H and O–H groups in total. The molecule has 2 aromatic carbocycles. The summed E-state index contributed by atoms with van der Waals surface area (Å²) >= 11 is 7.74. The molecule has 0 aliphatic rings. The minimum absolute atomic E-state index is 0.113. The third-order valence-corrected chi connectivity index (χ3v) is 5.40. The number of carbonyl (C=O) groups excluding carboxylic acids is 1. The van der Waals surface area contributed by atoms with Crippen molar-refractivity contribution in [2.45, 2.75) is 4.34 Å². The monoisotopic (exact) mass is 395 g/mol. The highest BCUT2D eigenvalue weighted by Gasteiger charge is 2.10. The number of hydrogen-bond acceptors (Lipinski definition) is 5. The Hall–Kier alpha value is -2.10. The number of hydrogen-bond donors (Lipinski definition) is 1. The number of benzene rings is 2. The summed E-state index contributed by atoms with van der Waals surface area (Å²) in [6.07, 6.45) is 0. The summed E-state index contributed by atoms with van der Waals surface area (Å²) < 4.78 is 28.7. The van der Waals surface area contributed by atoms with Gasteiger partial charge in [-0.2, -0.15) is 0 Å². The Bertz CT molecular complexity index is 954. The Morgan fingerprint density at radius 3 is 2.68 bits per heavy atom. The highest BCUT2D eigenvalue weighted by atomic mass is 32.2. The number of thioether (sulfide) groups is 1. The molecule has 25 heavy (non-hydrogen) atoms. The number of anilines is 1. The van der Waals surface area contributed by atoms with E-state index in [1.54, 1.807) is 18.2 Å². The Kier molecular flexibility index (Phi) is 5.57. The average molecular weight is 395 g/mol. The summed E-state index contributed by atoms with van der Waals surface area (Å²) in [5, 5.41) is 6.95. The summed E-state index contributed by atoms with van der Waals surface area (Å²) in [7, 11) is 0. The van der Waals surface area contributed by atoms with Crippen LogP contribution in [0.4, 0.5) is 14.5 Å². The largest absolute Gasteiger partial charge is 0.325 e. The molecule has 3 aromatic rings. The van der Waals surface area contributed by atoms with Gasteiger partial charge in [-0.1, -0.05) is 29.2 Å². The number of amides is 1. The van der Waals surface area contributed by atoms with Crippen molar-refractivity contribution in [1.82, 2.24) is 9.78 Å². The summed E-state index contributed by atoms with van der Waals surface area (Å²) in [4.78, 5) is 11.9. The van der Waals surface area contributed by atoms with E-state index in [1.807, 2.05) is 0 Å². The molecule has 1 heterocycles. The van der Waals surface area contributed by atoms with Gasteiger partial charge < -0.3 is 5.32 Å². The number of aromatic nitrogens is 2. The molecule has 4 nitrogen and oxygen atoms in total. The highest BCUT2D eigenvalue weighted by molar-refractivity contribution is 8.01. The van der Waals surface area contributed by atoms with Crippen molar-refractivity contribution in [3.05, 3.63) is 64.1 Å². The Balaban J connectivity index is 1.64. The Morgan fingerprint density at radius 1 is 1.20 bits per heavy atom. The van der Waals surface area contributed by atoms with Crippen molar-refractivity contribution in [3.63, 3.8) is 0 Å². The van der Waals surface area contributed by atoms with Crippen molar-refractivity contribution in [1.29, 1.82) is 0 Å². The first-order chi connectivity index (χ1) is 12.0. The molecular weight excluding hydrogens is 384 g/mol. The average Bonchev–Trinajstić information content (AvgIpc) is 2.95. The van der Waals surface area contributed by atoms with Gasteiger partial charge in [0.1, 0.15) is 11.6 Å². The van der Waals surface area contributed by atoms with Gasteiger partial charge in [0.2, 0.25) is 5.91 Å². The van der Waals surface area contributed by atoms with E-state index in [9.17, 15) is 13.6 Å². The van der Waals surface area contributed by atoms with Gasteiger partial charge in [0.05, 0.1) is 11.4 Å². The molecule has 9 heteroatoms. The Labute approximate surface area is 155 Å². The van der Waals surface area contributed by atoms with Crippen molar-refractivity contribution in [2.75, 3.05) is 11.1 Å². The van der Waals surface area contributed by atoms with Gasteiger partial charge >= 0.3 is 0 Å². The quantitative estimate of drug-likeness (QED) is 0.504. The molecule has 0 radical (unpaired) electrons. The first kappa shape index (κ1) is 17.7. The molecular formula is C16H11F2N3OS3. The van der Waals surface area contributed by atoms with Gasteiger partial charge in [0.15, 0.2) is 8.29 Å². The molecule has 0 saturated carbocycles. The number of nitrogens with zero attached hydrogens (tertiary/aromatic N) is 2. The zero-order valence-electron chi connectivity index (χ0n) is 12.6. The summed E-state index contributed by atoms with van der Waals surface area (Å²) in [6, 6.07) is 11.5. The first-order valence-corrected chi connectivity index (χ1v) is 9.26. The van der Waals surface area contributed by atoms with Gasteiger partial charge in [-0.3, -0.25) is 4.79 Å². The van der Waals surface area contributed by atoms with Gasteiger partial charge in [0.25, 0.3) is 0 Å². The lowest BCUT2D eigenvalue weighted by Crippen LogP contribution is -2.14. The molecule has 0 aliphatic carbocycles. The van der Waals surface area contributed by atoms with E-state index in [4.69, 9.17) is 12.2 Å². The van der Waals surface area contributed by atoms with Crippen LogP contribution in [0.25, 0.3) is 5.69 Å². The molecule has 0 atom stereocenters. The minimum atomic E-state index is -0.415. The minimum Gasteiger partial charge on any atom is -0.325 e. The van der Waals surface area contributed by atoms with E-state index < -0.39 is 5.82 Å². The van der Waals surface area contributed by atoms with E-state index in [-0.39, 0.29) is 17.5 Å². The maximum absolute atomic E-state index is 13.1. The fourth-order valence-corrected chi connectivity index (χ4v) is 4.12. The van der Waals surface area contributed by atoms with E-state index in [0.717, 1.165) is 0 Å². The van der Waals surface area contributed by atoms with Crippen molar-refractivity contribution >= 4 is 46.9 Å². The lowest BCUT2D eigenvalue weighted by atomic mass is 10.3. The maximum atomic E-state index is 13.1.